The van der Waals surface area contributed by atoms with Crippen LogP contribution in [0.1, 0.15) is 131 Å². The summed E-state index contributed by atoms with van der Waals surface area (Å²) in [6, 6.07) is 11.8. The maximum atomic E-state index is 15.8. The summed E-state index contributed by atoms with van der Waals surface area (Å²) < 4.78 is 474. The lowest BCUT2D eigenvalue weighted by molar-refractivity contribution is -0.731. The molecule has 0 unspecified atom stereocenters. The molecule has 10 nitrogen and oxygen atoms in total. The maximum Gasteiger partial charge on any atom is 0.362 e. The molecule has 2 fully saturated rings. The van der Waals surface area contributed by atoms with Crippen molar-refractivity contribution in [3.8, 4) is 0 Å². The van der Waals surface area contributed by atoms with Gasteiger partial charge in [0.15, 0.2) is 105 Å². The van der Waals surface area contributed by atoms with E-state index in [1.54, 1.807) is 24.3 Å². The Morgan fingerprint density at radius 3 is 0.556 bits per heavy atom. The number of hydrogen-bond acceptors (Lipinski definition) is 6. The van der Waals surface area contributed by atoms with Gasteiger partial charge in [-0.25, -0.2) is 141 Å². The molecule has 8 aromatic rings. The largest absolute Gasteiger partial charge is 0.659 e. The Balaban J connectivity index is 0.000000379. The van der Waals surface area contributed by atoms with Crippen LogP contribution in [-0.2, 0) is 45.0 Å². The molecule has 0 bridgehead atoms. The van der Waals surface area contributed by atoms with Crippen molar-refractivity contribution in [2.45, 2.75) is 157 Å². The molecule has 0 saturated carbocycles. The number of carbonyl (C=O) groups is 2. The van der Waals surface area contributed by atoms with Crippen molar-refractivity contribution in [3.05, 3.63) is 245 Å². The first-order valence-electron chi connectivity index (χ1n) is 36.9. The lowest BCUT2D eigenvalue weighted by atomic mass is 9.27. The third kappa shape index (κ3) is 23.9. The number of nitrogens with two attached hydrogens (primary N) is 2. The van der Waals surface area contributed by atoms with Gasteiger partial charge in [-0.3, -0.25) is 0 Å². The molecule has 46 heteroatoms. The number of benzene rings is 8. The smallest absolute Gasteiger partial charge is 0.362 e. The third-order valence-electron chi connectivity index (χ3n) is 18.8. The van der Waals surface area contributed by atoms with Gasteiger partial charge in [-0.05, 0) is 120 Å². The highest BCUT2D eigenvalue weighted by atomic mass is 35.5. The van der Waals surface area contributed by atoms with Crippen molar-refractivity contribution in [2.75, 3.05) is 37.1 Å². The van der Waals surface area contributed by atoms with E-state index in [-0.39, 0.29) is 32.9 Å². The van der Waals surface area contributed by atoms with Crippen LogP contribution >= 0.6 is 46.4 Å². The summed E-state index contributed by atoms with van der Waals surface area (Å²) in [7, 11) is 0. The van der Waals surface area contributed by atoms with Crippen molar-refractivity contribution in [1.82, 2.24) is 9.80 Å². The lowest BCUT2D eigenvalue weighted by Crippen LogP contribution is -2.92. The van der Waals surface area contributed by atoms with Gasteiger partial charge in [0.25, 0.3) is 12.7 Å². The normalized spacial score (nSPS) is 13.0. The quantitative estimate of drug-likeness (QED) is 0.0328. The number of rotatable bonds is 16. The molecule has 2 saturated heterocycles. The monoisotopic (exact) mass is 1920 g/mol. The van der Waals surface area contributed by atoms with Crippen LogP contribution in [0.4, 0.5) is 141 Å². The lowest BCUT2D eigenvalue weighted by Gasteiger charge is -2.47. The minimum atomic E-state index is -6.54. The molecule has 696 valence electrons. The van der Waals surface area contributed by atoms with Gasteiger partial charge in [0, 0.05) is 61.7 Å². The van der Waals surface area contributed by atoms with Crippen LogP contribution in [0.5, 0.6) is 0 Å². The number of quaternary nitrogens is 2. The van der Waals surface area contributed by atoms with E-state index in [9.17, 15) is 88.6 Å². The standard InChI is InChI=1S/2C35H27BF15N2O2.2C4H8O.2CH2Cl2/c2*1-34(2,3)52-11-13-7-9-14(10-8-13)12-53(35(4,5)6)33(54)55-36(15-18(37)24(43)30(49)25(44)19(15)38,16-20(39)26(45)31(50)27(46)21(16)40)17-22(41)28(47)32(51)29(48)23(17)42;2*1-2-4-5-3-1;2*2-1-3/h2*7-10,52H,11-12H2,1-6H3;2*1-4H2;2*1H2/q2*-1;;;;/p+2. The van der Waals surface area contributed by atoms with E-state index in [0.717, 1.165) is 37.6 Å². The van der Waals surface area contributed by atoms with Crippen LogP contribution in [0.25, 0.3) is 0 Å². The molecule has 126 heavy (non-hydrogen) atoms. The summed E-state index contributed by atoms with van der Waals surface area (Å²) in [4.78, 5) is 29.2. The minimum absolute atomic E-state index is 0.133. The number of alkyl halides is 4. The number of hydrogen-bond donors (Lipinski definition) is 2. The molecule has 0 spiro atoms. The number of halogens is 34. The molecular weight excluding hydrogens is 1850 g/mol. The second-order valence-electron chi connectivity index (χ2n) is 31.8. The predicted octanol–water partition coefficient (Wildman–Crippen LogP) is 18.5. The van der Waals surface area contributed by atoms with Crippen molar-refractivity contribution in [3.63, 3.8) is 0 Å². The summed E-state index contributed by atoms with van der Waals surface area (Å²) in [5, 5.41) is 4.28. The predicted molar refractivity (Wildman–Crippen MR) is 407 cm³/mol. The van der Waals surface area contributed by atoms with Crippen LogP contribution in [0, 0.1) is 175 Å². The van der Waals surface area contributed by atoms with E-state index in [0.29, 0.717) is 22.9 Å². The molecule has 2 heterocycles. The summed E-state index contributed by atoms with van der Waals surface area (Å²) in [6.45, 7) is 21.9. The van der Waals surface area contributed by atoms with E-state index in [2.05, 4.69) is 0 Å². The molecule has 0 aromatic heterocycles. The Morgan fingerprint density at radius 1 is 0.286 bits per heavy atom. The van der Waals surface area contributed by atoms with Gasteiger partial charge in [0.2, 0.25) is 0 Å². The van der Waals surface area contributed by atoms with Crippen molar-refractivity contribution < 1.29 is 171 Å². The topological polar surface area (TPSA) is 111 Å². The zero-order chi connectivity index (χ0) is 96.2. The van der Waals surface area contributed by atoms with Crippen molar-refractivity contribution >= 4 is 104 Å². The molecule has 2 amide bonds. The molecule has 0 radical (unpaired) electrons. The van der Waals surface area contributed by atoms with Gasteiger partial charge in [0.05, 0.1) is 21.8 Å². The van der Waals surface area contributed by atoms with E-state index in [1.165, 1.54) is 91.5 Å². The van der Waals surface area contributed by atoms with E-state index in [1.807, 2.05) is 52.2 Å². The van der Waals surface area contributed by atoms with Gasteiger partial charge >= 0.3 is 12.2 Å². The number of ether oxygens (including phenoxy) is 2. The Kier molecular flexibility index (Phi) is 37.7. The highest BCUT2D eigenvalue weighted by Crippen LogP contribution is 2.35. The molecule has 8 aromatic carbocycles. The first-order valence-corrected chi connectivity index (χ1v) is 39.0. The summed E-state index contributed by atoms with van der Waals surface area (Å²) >= 11 is 19.1. The van der Waals surface area contributed by atoms with Gasteiger partial charge in [-0.1, -0.05) is 81.3 Å². The summed E-state index contributed by atoms with van der Waals surface area (Å²) in [6.07, 6.45) is -12.6. The second-order valence-corrected chi connectivity index (χ2v) is 33.4. The van der Waals surface area contributed by atoms with Crippen LogP contribution in [-0.4, -0.2) is 93.9 Å². The Hall–Kier alpha value is -8.67. The number of carbonyl (C=O) groups excluding carboxylic acids is 2. The van der Waals surface area contributed by atoms with E-state index >= 15 is 52.7 Å². The molecule has 2 aliphatic heterocycles. The fourth-order valence-electron chi connectivity index (χ4n) is 12.5. The zero-order valence-corrected chi connectivity index (χ0v) is 71.0. The molecule has 0 aliphatic carbocycles. The van der Waals surface area contributed by atoms with Crippen molar-refractivity contribution in [2.24, 2.45) is 0 Å². The van der Waals surface area contributed by atoms with Crippen LogP contribution < -0.4 is 43.4 Å². The minimum Gasteiger partial charge on any atom is -0.659 e. The van der Waals surface area contributed by atoms with Crippen LogP contribution in [0.3, 0.4) is 0 Å². The highest BCUT2D eigenvalue weighted by molar-refractivity contribution is 7.08. The molecule has 2 aliphatic rings. The fourth-order valence-corrected chi connectivity index (χ4v) is 12.5. The van der Waals surface area contributed by atoms with Crippen LogP contribution in [0.15, 0.2) is 48.5 Å². The third-order valence-corrected chi connectivity index (χ3v) is 18.8. The average Bonchev–Trinajstić information content (AvgIpc) is 0.726. The Morgan fingerprint density at radius 2 is 0.429 bits per heavy atom. The van der Waals surface area contributed by atoms with Gasteiger partial charge in [-0.15, -0.1) is 46.4 Å². The first-order chi connectivity index (χ1) is 58.2. The fraction of sp³-hybridized carbons (Fsp3) is 0.375. The molecule has 4 N–H and O–H groups in total. The molecular formula is C80H76B2Cl4F30N4O6. The average molecular weight is 1920 g/mol. The molecule has 0 atom stereocenters. The number of amides is 2. The van der Waals surface area contributed by atoms with Gasteiger partial charge < -0.3 is 39.2 Å². The maximum absolute atomic E-state index is 15.8. The van der Waals surface area contributed by atoms with Crippen LogP contribution in [0.2, 0.25) is 0 Å². The Bertz CT molecular complexity index is 4410. The zero-order valence-electron chi connectivity index (χ0n) is 68.0. The molecule has 10 rings (SSSR count). The van der Waals surface area contributed by atoms with E-state index < -0.39 is 256 Å². The van der Waals surface area contributed by atoms with E-state index in [4.69, 9.17) is 65.2 Å². The number of nitrogens with zero attached hydrogens (tertiary/aromatic N) is 2. The van der Waals surface area contributed by atoms with Crippen molar-refractivity contribution in [1.29, 1.82) is 0 Å². The highest BCUT2D eigenvalue weighted by Gasteiger charge is 2.55. The first kappa shape index (κ1) is 108. The van der Waals surface area contributed by atoms with Gasteiger partial charge in [0.1, 0.15) is 82.9 Å². The summed E-state index contributed by atoms with van der Waals surface area (Å²) in [5.74, 6) is -96.6. The SMILES string of the molecule is C1CCOC1.C1CCOC1.CC(C)(C)[NH2+]Cc1ccc(CN(C(=O)O[B-](c2c(F)c(F)c(F)c(F)c2F)(c2c(F)c(F)c(F)c(F)c2F)c2c(F)c(F)c(F)c(F)c2F)C(C)(C)C)cc1.CC(C)(C)[NH2+]Cc1ccc(CN(C(=O)O[B-](c2c(F)c(F)c(F)c(F)c2F)(c2c(F)c(F)c(F)c(F)c2F)c2c(F)c(F)c(F)c(F)c2F)C(C)(C)C)cc1.ClCCl.ClCCl. The van der Waals surface area contributed by atoms with Gasteiger partial charge in [-0.2, -0.15) is 0 Å². The second kappa shape index (κ2) is 44.1. The Labute approximate surface area is 720 Å². The summed E-state index contributed by atoms with van der Waals surface area (Å²) in [5.41, 5.74) is -20.4.